The van der Waals surface area contributed by atoms with Gasteiger partial charge in [-0.05, 0) is 44.9 Å². The lowest BCUT2D eigenvalue weighted by atomic mass is 10.0. The Bertz CT molecular complexity index is 649. The summed E-state index contributed by atoms with van der Waals surface area (Å²) in [5.41, 5.74) is 0. The summed E-state index contributed by atoms with van der Waals surface area (Å²) in [6, 6.07) is 0. The molecule has 0 fully saturated rings. The molecule has 39 heavy (non-hydrogen) atoms. The first-order chi connectivity index (χ1) is 18.8. The molecule has 8 heteroatoms. The van der Waals surface area contributed by atoms with E-state index in [1.165, 1.54) is 39.0 Å². The molecule has 0 rings (SSSR count). The van der Waals surface area contributed by atoms with Crippen molar-refractivity contribution in [2.75, 3.05) is 13.2 Å². The molecule has 8 nitrogen and oxygen atoms in total. The lowest BCUT2D eigenvalue weighted by Gasteiger charge is -2.18. The maximum atomic E-state index is 12.1. The minimum Gasteiger partial charge on any atom is -0.463 e. The monoisotopic (exact) mass is 556 g/mol. The third kappa shape index (κ3) is 24.6. The summed E-state index contributed by atoms with van der Waals surface area (Å²) in [5, 5.41) is 0. The van der Waals surface area contributed by atoms with E-state index >= 15 is 0 Å². The Hall–Kier alpha value is -2.12. The molecule has 0 aromatic carbocycles. The Morgan fingerprint density at radius 3 is 1.46 bits per heavy atom. The predicted octanol–water partition coefficient (Wildman–Crippen LogP) is 7.39. The average molecular weight is 557 g/mol. The zero-order valence-electron chi connectivity index (χ0n) is 25.3. The lowest BCUT2D eigenvalue weighted by molar-refractivity contribution is -0.166. The molecule has 0 N–H and O–H groups in total. The van der Waals surface area contributed by atoms with Crippen molar-refractivity contribution in [1.29, 1.82) is 0 Å². The summed E-state index contributed by atoms with van der Waals surface area (Å²) < 4.78 is 21.2. The molecule has 0 aliphatic rings. The fourth-order valence-corrected chi connectivity index (χ4v) is 4.28. The minimum atomic E-state index is -0.779. The largest absolute Gasteiger partial charge is 0.463 e. The Kier molecular flexibility index (Phi) is 24.7. The first-order valence-corrected chi connectivity index (χ1v) is 15.5. The molecule has 0 bridgehead atoms. The van der Waals surface area contributed by atoms with E-state index < -0.39 is 12.1 Å². The molecule has 0 aliphatic heterocycles. The Balaban J connectivity index is 3.96. The normalized spacial score (nSPS) is 12.4. The van der Waals surface area contributed by atoms with Gasteiger partial charge in [0.15, 0.2) is 6.10 Å². The minimum absolute atomic E-state index is 0.0638. The van der Waals surface area contributed by atoms with E-state index in [1.807, 2.05) is 13.8 Å². The first-order valence-electron chi connectivity index (χ1n) is 15.5. The van der Waals surface area contributed by atoms with Crippen molar-refractivity contribution < 1.29 is 38.1 Å². The SMILES string of the molecule is CCCCCCC(CCCCCCCCCCC(=O)OCC(COC(=O)CCC)OC(=O)CCC)OC(C)=O. The van der Waals surface area contributed by atoms with Crippen molar-refractivity contribution in [2.45, 2.75) is 162 Å². The van der Waals surface area contributed by atoms with Crippen LogP contribution in [-0.2, 0) is 38.1 Å². The summed E-state index contributed by atoms with van der Waals surface area (Å²) in [6.07, 6.45) is 16.7. The van der Waals surface area contributed by atoms with Gasteiger partial charge in [-0.25, -0.2) is 0 Å². The van der Waals surface area contributed by atoms with Crippen LogP contribution < -0.4 is 0 Å². The average Bonchev–Trinajstić information content (AvgIpc) is 2.89. The van der Waals surface area contributed by atoms with E-state index in [0.29, 0.717) is 25.7 Å². The van der Waals surface area contributed by atoms with Crippen molar-refractivity contribution in [3.05, 3.63) is 0 Å². The molecular weight excluding hydrogens is 500 g/mol. The maximum absolute atomic E-state index is 12.1. The Morgan fingerprint density at radius 2 is 0.949 bits per heavy atom. The molecule has 0 radical (unpaired) electrons. The summed E-state index contributed by atoms with van der Waals surface area (Å²) in [7, 11) is 0. The molecule has 0 spiro atoms. The van der Waals surface area contributed by atoms with E-state index in [0.717, 1.165) is 57.8 Å². The van der Waals surface area contributed by atoms with Gasteiger partial charge < -0.3 is 18.9 Å². The van der Waals surface area contributed by atoms with E-state index in [-0.39, 0.29) is 43.6 Å². The zero-order chi connectivity index (χ0) is 29.1. The van der Waals surface area contributed by atoms with E-state index in [9.17, 15) is 19.2 Å². The zero-order valence-corrected chi connectivity index (χ0v) is 25.3. The lowest BCUT2D eigenvalue weighted by Crippen LogP contribution is -2.30. The standard InChI is InChI=1S/C31H56O8/c1-5-8-9-16-21-27(38-26(4)32)22-17-14-12-10-11-13-15-18-23-30(34)37-25-28(39-31(35)20-7-3)24-36-29(33)19-6-2/h27-28H,5-25H2,1-4H3. The third-order valence-electron chi connectivity index (χ3n) is 6.44. The van der Waals surface area contributed by atoms with Crippen LogP contribution in [0.4, 0.5) is 0 Å². The highest BCUT2D eigenvalue weighted by molar-refractivity contribution is 5.71. The second-order valence-electron chi connectivity index (χ2n) is 10.4. The van der Waals surface area contributed by atoms with Gasteiger partial charge in [0.1, 0.15) is 19.3 Å². The van der Waals surface area contributed by atoms with Crippen LogP contribution in [0.1, 0.15) is 150 Å². The Morgan fingerprint density at radius 1 is 0.487 bits per heavy atom. The third-order valence-corrected chi connectivity index (χ3v) is 6.44. The number of ether oxygens (including phenoxy) is 4. The topological polar surface area (TPSA) is 105 Å². The predicted molar refractivity (Wildman–Crippen MR) is 152 cm³/mol. The molecule has 0 amide bonds. The van der Waals surface area contributed by atoms with Crippen LogP contribution in [0.25, 0.3) is 0 Å². The molecular formula is C31H56O8. The van der Waals surface area contributed by atoms with Crippen LogP contribution in [0.2, 0.25) is 0 Å². The van der Waals surface area contributed by atoms with Crippen molar-refractivity contribution in [3.8, 4) is 0 Å². The number of hydrogen-bond acceptors (Lipinski definition) is 8. The smallest absolute Gasteiger partial charge is 0.306 e. The second kappa shape index (κ2) is 26.1. The van der Waals surface area contributed by atoms with Gasteiger partial charge in [0.2, 0.25) is 0 Å². The molecule has 0 heterocycles. The maximum Gasteiger partial charge on any atom is 0.306 e. The van der Waals surface area contributed by atoms with Crippen LogP contribution in [-0.4, -0.2) is 49.3 Å². The van der Waals surface area contributed by atoms with Gasteiger partial charge in [0, 0.05) is 26.2 Å². The molecule has 0 aromatic rings. The highest BCUT2D eigenvalue weighted by Gasteiger charge is 2.19. The van der Waals surface area contributed by atoms with Crippen LogP contribution in [0.5, 0.6) is 0 Å². The van der Waals surface area contributed by atoms with Crippen molar-refractivity contribution in [2.24, 2.45) is 0 Å². The van der Waals surface area contributed by atoms with Gasteiger partial charge >= 0.3 is 23.9 Å². The van der Waals surface area contributed by atoms with Crippen LogP contribution in [0, 0.1) is 0 Å². The fourth-order valence-electron chi connectivity index (χ4n) is 4.28. The molecule has 0 saturated carbocycles. The van der Waals surface area contributed by atoms with E-state index in [2.05, 4.69) is 6.92 Å². The summed E-state index contributed by atoms with van der Waals surface area (Å²) in [6.45, 7) is 7.23. The fraction of sp³-hybridized carbons (Fsp3) is 0.871. The number of carbonyl (C=O) groups is 4. The van der Waals surface area contributed by atoms with E-state index in [1.54, 1.807) is 0 Å². The Labute approximate surface area is 237 Å². The molecule has 228 valence electrons. The summed E-state index contributed by atoms with van der Waals surface area (Å²) >= 11 is 0. The van der Waals surface area contributed by atoms with Crippen LogP contribution in [0.15, 0.2) is 0 Å². The van der Waals surface area contributed by atoms with Crippen LogP contribution >= 0.6 is 0 Å². The van der Waals surface area contributed by atoms with Gasteiger partial charge in [-0.1, -0.05) is 78.6 Å². The van der Waals surface area contributed by atoms with Gasteiger partial charge in [0.05, 0.1) is 0 Å². The quantitative estimate of drug-likeness (QED) is 0.0617. The summed E-state index contributed by atoms with van der Waals surface area (Å²) in [4.78, 5) is 46.9. The number of esters is 4. The highest BCUT2D eigenvalue weighted by atomic mass is 16.6. The number of carbonyl (C=O) groups excluding carboxylic acids is 4. The van der Waals surface area contributed by atoms with Crippen molar-refractivity contribution in [3.63, 3.8) is 0 Å². The van der Waals surface area contributed by atoms with E-state index in [4.69, 9.17) is 18.9 Å². The number of unbranched alkanes of at least 4 members (excludes halogenated alkanes) is 10. The first kappa shape index (κ1) is 36.9. The van der Waals surface area contributed by atoms with Crippen LogP contribution in [0.3, 0.4) is 0 Å². The van der Waals surface area contributed by atoms with Crippen molar-refractivity contribution in [1.82, 2.24) is 0 Å². The van der Waals surface area contributed by atoms with Gasteiger partial charge in [-0.3, -0.25) is 19.2 Å². The second-order valence-corrected chi connectivity index (χ2v) is 10.4. The summed E-state index contributed by atoms with van der Waals surface area (Å²) in [5.74, 6) is -1.26. The molecule has 0 aliphatic carbocycles. The molecule has 0 aromatic heterocycles. The molecule has 0 saturated heterocycles. The molecule has 2 atom stereocenters. The number of rotatable bonds is 26. The van der Waals surface area contributed by atoms with Gasteiger partial charge in [0.25, 0.3) is 0 Å². The van der Waals surface area contributed by atoms with Gasteiger partial charge in [-0.15, -0.1) is 0 Å². The number of hydrogen-bond donors (Lipinski definition) is 0. The van der Waals surface area contributed by atoms with Crippen molar-refractivity contribution >= 4 is 23.9 Å². The highest BCUT2D eigenvalue weighted by Crippen LogP contribution is 2.17. The van der Waals surface area contributed by atoms with Gasteiger partial charge in [-0.2, -0.15) is 0 Å². The molecule has 2 unspecified atom stereocenters.